The van der Waals surface area contributed by atoms with Crippen LogP contribution in [0.15, 0.2) is 18.2 Å². The Hall–Kier alpha value is -1.77. The normalized spacial score (nSPS) is 10.8. The van der Waals surface area contributed by atoms with E-state index < -0.39 is 5.41 Å². The van der Waals surface area contributed by atoms with Gasteiger partial charge in [-0.3, -0.25) is 0 Å². The summed E-state index contributed by atoms with van der Waals surface area (Å²) in [5, 5.41) is 30.5. The minimum absolute atomic E-state index is 0.145. The number of nitrogens with one attached hydrogen (secondary N) is 1. The van der Waals surface area contributed by atoms with Gasteiger partial charge in [0, 0.05) is 12.0 Å². The Bertz CT molecular complexity index is 436. The van der Waals surface area contributed by atoms with Gasteiger partial charge in [0.05, 0.1) is 31.6 Å². The highest BCUT2D eigenvalue weighted by Crippen LogP contribution is 2.29. The van der Waals surface area contributed by atoms with Crippen molar-refractivity contribution in [1.29, 1.82) is 5.26 Å². The monoisotopic (exact) mass is 250 g/mol. The van der Waals surface area contributed by atoms with Crippen molar-refractivity contribution < 1.29 is 14.9 Å². The van der Waals surface area contributed by atoms with Crippen molar-refractivity contribution >= 4 is 5.69 Å². The molecule has 1 aromatic carbocycles. The second-order valence-electron chi connectivity index (χ2n) is 4.48. The molecule has 0 spiro atoms. The summed E-state index contributed by atoms with van der Waals surface area (Å²) in [6, 6.07) is 7.24. The van der Waals surface area contributed by atoms with E-state index in [0.717, 1.165) is 0 Å². The Balaban J connectivity index is 2.94. The number of nitriles is 1. The smallest absolute Gasteiger partial charge is 0.143 e. The number of benzene rings is 1. The zero-order valence-corrected chi connectivity index (χ0v) is 10.6. The van der Waals surface area contributed by atoms with E-state index in [4.69, 9.17) is 10.00 Å². The summed E-state index contributed by atoms with van der Waals surface area (Å²) in [7, 11) is 1.53. The fraction of sp³-hybridized carbons (Fsp3) is 0.462. The molecule has 0 saturated heterocycles. The summed E-state index contributed by atoms with van der Waals surface area (Å²) in [6.45, 7) is 1.80. The second-order valence-corrected chi connectivity index (χ2v) is 4.48. The zero-order valence-electron chi connectivity index (χ0n) is 10.6. The molecule has 0 atom stereocenters. The van der Waals surface area contributed by atoms with Crippen molar-refractivity contribution in [3.05, 3.63) is 23.8 Å². The van der Waals surface area contributed by atoms with E-state index >= 15 is 0 Å². The number of anilines is 1. The van der Waals surface area contributed by atoms with Crippen LogP contribution in [0.5, 0.6) is 5.75 Å². The van der Waals surface area contributed by atoms with Crippen LogP contribution in [-0.4, -0.2) is 37.1 Å². The largest absolute Gasteiger partial charge is 0.495 e. The molecular weight excluding hydrogens is 232 g/mol. The third kappa shape index (κ3) is 3.13. The first-order valence-electron chi connectivity index (χ1n) is 5.63. The number of para-hydroxylation sites is 1. The molecule has 0 unspecified atom stereocenters. The third-order valence-corrected chi connectivity index (χ3v) is 2.82. The van der Waals surface area contributed by atoms with Gasteiger partial charge in [-0.25, -0.2) is 0 Å². The summed E-state index contributed by atoms with van der Waals surface area (Å²) in [5.41, 5.74) is 0.399. The fourth-order valence-corrected chi connectivity index (χ4v) is 1.44. The van der Waals surface area contributed by atoms with Gasteiger partial charge in [-0.05, 0) is 12.1 Å². The molecule has 0 aliphatic rings. The van der Waals surface area contributed by atoms with Crippen LogP contribution in [0.4, 0.5) is 5.69 Å². The lowest BCUT2D eigenvalue weighted by atomic mass is 9.93. The minimum Gasteiger partial charge on any atom is -0.495 e. The van der Waals surface area contributed by atoms with Gasteiger partial charge in [0.1, 0.15) is 11.8 Å². The van der Waals surface area contributed by atoms with Crippen LogP contribution in [0.2, 0.25) is 0 Å². The first-order chi connectivity index (χ1) is 8.60. The number of methoxy groups -OCH3 is 1. The number of aliphatic hydroxyl groups is 2. The molecule has 1 rings (SSSR count). The van der Waals surface area contributed by atoms with Crippen molar-refractivity contribution in [2.75, 3.05) is 32.2 Å². The Morgan fingerprint density at radius 2 is 2.06 bits per heavy atom. The summed E-state index contributed by atoms with van der Waals surface area (Å²) >= 11 is 0. The topological polar surface area (TPSA) is 85.5 Å². The zero-order chi connectivity index (χ0) is 13.6. The summed E-state index contributed by atoms with van der Waals surface area (Å²) in [4.78, 5) is 0. The Morgan fingerprint density at radius 3 is 2.56 bits per heavy atom. The summed E-state index contributed by atoms with van der Waals surface area (Å²) < 4.78 is 5.18. The van der Waals surface area contributed by atoms with Crippen molar-refractivity contribution in [3.63, 3.8) is 0 Å². The molecule has 0 saturated carbocycles. The molecule has 0 fully saturated rings. The SMILES string of the molecule is COc1cccc(C#N)c1NCC(C)(CO)CO. The number of hydrogen-bond acceptors (Lipinski definition) is 5. The highest BCUT2D eigenvalue weighted by Gasteiger charge is 2.23. The molecule has 3 N–H and O–H groups in total. The highest BCUT2D eigenvalue weighted by molar-refractivity contribution is 5.66. The van der Waals surface area contributed by atoms with Crippen LogP contribution in [-0.2, 0) is 0 Å². The lowest BCUT2D eigenvalue weighted by Gasteiger charge is -2.26. The van der Waals surface area contributed by atoms with Crippen molar-refractivity contribution in [3.8, 4) is 11.8 Å². The molecule has 18 heavy (non-hydrogen) atoms. The Morgan fingerprint density at radius 1 is 1.39 bits per heavy atom. The minimum atomic E-state index is -0.645. The van der Waals surface area contributed by atoms with Crippen molar-refractivity contribution in [1.82, 2.24) is 0 Å². The highest BCUT2D eigenvalue weighted by atomic mass is 16.5. The van der Waals surface area contributed by atoms with Gasteiger partial charge in [-0.2, -0.15) is 5.26 Å². The van der Waals surface area contributed by atoms with Gasteiger partial charge in [0.15, 0.2) is 0 Å². The molecule has 5 heteroatoms. The molecule has 5 nitrogen and oxygen atoms in total. The standard InChI is InChI=1S/C13H18N2O3/c1-13(8-16,9-17)7-15-12-10(6-14)4-3-5-11(12)18-2/h3-5,15-17H,7-9H2,1-2H3. The quantitative estimate of drug-likeness (QED) is 0.700. The van der Waals surface area contributed by atoms with E-state index in [9.17, 15) is 10.2 Å². The summed E-state index contributed by atoms with van der Waals surface area (Å²) in [5.74, 6) is 0.562. The van der Waals surface area contributed by atoms with Crippen molar-refractivity contribution in [2.24, 2.45) is 5.41 Å². The van der Waals surface area contributed by atoms with Gasteiger partial charge < -0.3 is 20.3 Å². The lowest BCUT2D eigenvalue weighted by Crippen LogP contribution is -2.34. The molecule has 0 bridgehead atoms. The number of hydrogen-bond donors (Lipinski definition) is 3. The maximum atomic E-state index is 9.22. The van der Waals surface area contributed by atoms with Gasteiger partial charge in [-0.1, -0.05) is 13.0 Å². The molecule has 0 radical (unpaired) electrons. The van der Waals surface area contributed by atoms with Crippen LogP contribution in [0.1, 0.15) is 12.5 Å². The van der Waals surface area contributed by atoms with Gasteiger partial charge >= 0.3 is 0 Å². The molecule has 0 aliphatic carbocycles. The second kappa shape index (κ2) is 6.24. The average molecular weight is 250 g/mol. The average Bonchev–Trinajstić information content (AvgIpc) is 2.44. The maximum Gasteiger partial charge on any atom is 0.143 e. The number of nitrogens with zero attached hydrogens (tertiary/aromatic N) is 1. The van der Waals surface area contributed by atoms with Gasteiger partial charge in [0.2, 0.25) is 0 Å². The molecule has 0 aliphatic heterocycles. The van der Waals surface area contributed by atoms with Crippen LogP contribution >= 0.6 is 0 Å². The predicted molar refractivity (Wildman–Crippen MR) is 68.5 cm³/mol. The van der Waals surface area contributed by atoms with Crippen LogP contribution in [0.3, 0.4) is 0 Å². The fourth-order valence-electron chi connectivity index (χ4n) is 1.44. The van der Waals surface area contributed by atoms with E-state index in [1.54, 1.807) is 25.1 Å². The van der Waals surface area contributed by atoms with Gasteiger partial charge in [0.25, 0.3) is 0 Å². The molecule has 0 aromatic heterocycles. The molecular formula is C13H18N2O3. The van der Waals surface area contributed by atoms with Crippen LogP contribution < -0.4 is 10.1 Å². The first-order valence-corrected chi connectivity index (χ1v) is 5.63. The molecule has 0 heterocycles. The van der Waals surface area contributed by atoms with E-state index in [2.05, 4.69) is 11.4 Å². The van der Waals surface area contributed by atoms with E-state index in [0.29, 0.717) is 23.5 Å². The third-order valence-electron chi connectivity index (χ3n) is 2.82. The Labute approximate surface area is 107 Å². The number of rotatable bonds is 6. The van der Waals surface area contributed by atoms with Crippen LogP contribution in [0.25, 0.3) is 0 Å². The lowest BCUT2D eigenvalue weighted by molar-refractivity contribution is 0.0806. The number of aliphatic hydroxyl groups excluding tert-OH is 2. The Kier molecular flexibility index (Phi) is 4.95. The van der Waals surface area contributed by atoms with E-state index in [1.165, 1.54) is 7.11 Å². The van der Waals surface area contributed by atoms with E-state index in [-0.39, 0.29) is 13.2 Å². The molecule has 98 valence electrons. The van der Waals surface area contributed by atoms with Crippen molar-refractivity contribution in [2.45, 2.75) is 6.92 Å². The van der Waals surface area contributed by atoms with Gasteiger partial charge in [-0.15, -0.1) is 0 Å². The summed E-state index contributed by atoms with van der Waals surface area (Å²) in [6.07, 6.45) is 0. The number of ether oxygens (including phenoxy) is 1. The maximum absolute atomic E-state index is 9.22. The molecule has 0 amide bonds. The van der Waals surface area contributed by atoms with Crippen LogP contribution in [0, 0.1) is 16.7 Å². The predicted octanol–water partition coefficient (Wildman–Crippen LogP) is 0.970. The first kappa shape index (κ1) is 14.3. The van der Waals surface area contributed by atoms with E-state index in [1.807, 2.05) is 0 Å². The molecule has 1 aromatic rings.